The molecule has 0 saturated carbocycles. The summed E-state index contributed by atoms with van der Waals surface area (Å²) in [5.41, 5.74) is 10.6. The van der Waals surface area contributed by atoms with Gasteiger partial charge in [0.05, 0.1) is 5.52 Å². The van der Waals surface area contributed by atoms with Crippen molar-refractivity contribution in [1.82, 2.24) is 19.5 Å². The van der Waals surface area contributed by atoms with Gasteiger partial charge in [-0.25, -0.2) is 4.98 Å². The molecule has 0 bridgehead atoms. The summed E-state index contributed by atoms with van der Waals surface area (Å²) >= 11 is 0. The Morgan fingerprint density at radius 1 is 0.532 bits per heavy atom. The highest BCUT2D eigenvalue weighted by Gasteiger charge is 2.35. The first-order valence-electron chi connectivity index (χ1n) is 16.0. The monoisotopic (exact) mass is 604 g/mol. The second-order valence-electron chi connectivity index (χ2n) is 12.9. The van der Waals surface area contributed by atoms with Crippen molar-refractivity contribution < 1.29 is 4.42 Å². The van der Waals surface area contributed by atoms with E-state index in [4.69, 9.17) is 19.4 Å². The molecule has 6 aromatic carbocycles. The number of hydrogen-bond acceptors (Lipinski definition) is 4. The van der Waals surface area contributed by atoms with Crippen LogP contribution in [0.4, 0.5) is 0 Å². The smallest absolute Gasteiger partial charge is 0.238 e. The van der Waals surface area contributed by atoms with Crippen molar-refractivity contribution in [3.63, 3.8) is 0 Å². The van der Waals surface area contributed by atoms with Crippen LogP contribution >= 0.6 is 0 Å². The third kappa shape index (κ3) is 3.68. The van der Waals surface area contributed by atoms with Gasteiger partial charge in [0.2, 0.25) is 5.95 Å². The second-order valence-corrected chi connectivity index (χ2v) is 12.9. The molecule has 0 aliphatic heterocycles. The maximum Gasteiger partial charge on any atom is 0.238 e. The van der Waals surface area contributed by atoms with Gasteiger partial charge in [-0.1, -0.05) is 123 Å². The van der Waals surface area contributed by atoms with Crippen molar-refractivity contribution in [2.24, 2.45) is 0 Å². The van der Waals surface area contributed by atoms with Crippen LogP contribution in [0, 0.1) is 0 Å². The minimum absolute atomic E-state index is 0.139. The largest absolute Gasteiger partial charge is 0.454 e. The Bertz CT molecular complexity index is 2720. The highest BCUT2D eigenvalue weighted by molar-refractivity contribution is 6.21. The molecule has 0 amide bonds. The molecule has 1 aliphatic rings. The summed E-state index contributed by atoms with van der Waals surface area (Å²) in [6.45, 7) is 4.60. The SMILES string of the molecule is CC1(C)c2ccccc2-c2ccc(-c3nc(-c4ccccc4)nc(-n4c5ccccc5c5ccc6c7ccccc7oc6c54)n3)cc21. The first-order valence-corrected chi connectivity index (χ1v) is 16.0. The number of benzene rings is 6. The van der Waals surface area contributed by atoms with Crippen molar-refractivity contribution in [3.05, 3.63) is 145 Å². The van der Waals surface area contributed by atoms with Crippen LogP contribution in [-0.2, 0) is 5.41 Å². The van der Waals surface area contributed by atoms with E-state index in [1.165, 1.54) is 22.3 Å². The standard InChI is InChI=1S/C42H28N4O/c1-42(2)33-17-9-6-14-27(33)28-21-20-26(24-34(28)42)40-43-39(25-12-4-3-5-13-25)44-41(45-40)46-35-18-10-7-15-29(35)31-22-23-32-30-16-8-11-19-36(30)47-38(32)37(31)46/h3-24H,1-2H3. The fourth-order valence-corrected chi connectivity index (χ4v) is 7.59. The summed E-state index contributed by atoms with van der Waals surface area (Å²) in [4.78, 5) is 15.5. The normalized spacial score (nSPS) is 13.5. The van der Waals surface area contributed by atoms with E-state index in [0.717, 1.165) is 54.9 Å². The molecule has 47 heavy (non-hydrogen) atoms. The van der Waals surface area contributed by atoms with E-state index in [9.17, 15) is 0 Å². The molecule has 0 saturated heterocycles. The molecule has 9 aromatic rings. The van der Waals surface area contributed by atoms with Gasteiger partial charge in [-0.15, -0.1) is 0 Å². The van der Waals surface area contributed by atoms with Crippen molar-refractivity contribution in [2.75, 3.05) is 0 Å². The zero-order valence-electron chi connectivity index (χ0n) is 25.9. The quantitative estimate of drug-likeness (QED) is 0.201. The molecule has 5 nitrogen and oxygen atoms in total. The molecular weight excluding hydrogens is 576 g/mol. The molecule has 0 atom stereocenters. The summed E-state index contributed by atoms with van der Waals surface area (Å²) in [5.74, 6) is 1.80. The summed E-state index contributed by atoms with van der Waals surface area (Å²) in [6.07, 6.45) is 0. The average molecular weight is 605 g/mol. The van der Waals surface area contributed by atoms with Crippen molar-refractivity contribution in [1.29, 1.82) is 0 Å². The van der Waals surface area contributed by atoms with Gasteiger partial charge >= 0.3 is 0 Å². The highest BCUT2D eigenvalue weighted by Crippen LogP contribution is 2.49. The van der Waals surface area contributed by atoms with Crippen LogP contribution in [0.1, 0.15) is 25.0 Å². The van der Waals surface area contributed by atoms with Gasteiger partial charge in [0, 0.05) is 38.1 Å². The van der Waals surface area contributed by atoms with Crippen LogP contribution in [0.2, 0.25) is 0 Å². The number of fused-ring (bicyclic) bond motifs is 10. The zero-order valence-corrected chi connectivity index (χ0v) is 25.9. The first-order chi connectivity index (χ1) is 23.1. The first kappa shape index (κ1) is 26.2. The van der Waals surface area contributed by atoms with E-state index >= 15 is 0 Å². The molecule has 0 unspecified atom stereocenters. The number of rotatable bonds is 3. The highest BCUT2D eigenvalue weighted by atomic mass is 16.3. The van der Waals surface area contributed by atoms with Gasteiger partial charge in [-0.2, -0.15) is 9.97 Å². The van der Waals surface area contributed by atoms with E-state index in [-0.39, 0.29) is 5.41 Å². The number of furan rings is 1. The zero-order chi connectivity index (χ0) is 31.3. The van der Waals surface area contributed by atoms with E-state index in [1.807, 2.05) is 30.3 Å². The van der Waals surface area contributed by atoms with Crippen LogP contribution in [0.15, 0.2) is 138 Å². The van der Waals surface area contributed by atoms with Crippen molar-refractivity contribution in [3.8, 4) is 39.9 Å². The average Bonchev–Trinajstić information content (AvgIpc) is 3.74. The Kier molecular flexibility index (Phi) is 5.28. The molecule has 1 aliphatic carbocycles. The topological polar surface area (TPSA) is 56.7 Å². The Morgan fingerprint density at radius 3 is 2.09 bits per heavy atom. The summed E-state index contributed by atoms with van der Waals surface area (Å²) in [6, 6.07) is 46.5. The molecular formula is C42H28N4O. The van der Waals surface area contributed by atoms with E-state index in [2.05, 4.69) is 122 Å². The third-order valence-electron chi connectivity index (χ3n) is 9.88. The minimum Gasteiger partial charge on any atom is -0.454 e. The lowest BCUT2D eigenvalue weighted by Gasteiger charge is -2.21. The Labute approximate surface area is 270 Å². The van der Waals surface area contributed by atoms with Gasteiger partial charge in [0.1, 0.15) is 11.1 Å². The van der Waals surface area contributed by atoms with Crippen LogP contribution < -0.4 is 0 Å². The summed E-state index contributed by atoms with van der Waals surface area (Å²) in [7, 11) is 0. The molecule has 0 spiro atoms. The lowest BCUT2D eigenvalue weighted by atomic mass is 9.82. The molecule has 10 rings (SSSR count). The van der Waals surface area contributed by atoms with Crippen molar-refractivity contribution >= 4 is 43.7 Å². The molecule has 3 aromatic heterocycles. The number of hydrogen-bond donors (Lipinski definition) is 0. The van der Waals surface area contributed by atoms with E-state index < -0.39 is 0 Å². The van der Waals surface area contributed by atoms with Crippen LogP contribution in [0.25, 0.3) is 83.6 Å². The lowest BCUT2D eigenvalue weighted by Crippen LogP contribution is -2.15. The molecule has 5 heteroatoms. The number of aromatic nitrogens is 4. The predicted molar refractivity (Wildman–Crippen MR) is 190 cm³/mol. The van der Waals surface area contributed by atoms with Crippen LogP contribution in [0.5, 0.6) is 0 Å². The second kappa shape index (κ2) is 9.47. The maximum atomic E-state index is 6.60. The Balaban J connectivity index is 1.28. The molecule has 222 valence electrons. The number of nitrogens with zero attached hydrogens (tertiary/aromatic N) is 4. The summed E-state index contributed by atoms with van der Waals surface area (Å²) < 4.78 is 8.75. The van der Waals surface area contributed by atoms with E-state index in [1.54, 1.807) is 0 Å². The fraction of sp³-hybridized carbons (Fsp3) is 0.0714. The molecule has 3 heterocycles. The fourth-order valence-electron chi connectivity index (χ4n) is 7.59. The van der Waals surface area contributed by atoms with Gasteiger partial charge in [-0.05, 0) is 46.5 Å². The van der Waals surface area contributed by atoms with Gasteiger partial charge in [0.15, 0.2) is 17.2 Å². The third-order valence-corrected chi connectivity index (χ3v) is 9.88. The Morgan fingerprint density at radius 2 is 1.21 bits per heavy atom. The van der Waals surface area contributed by atoms with E-state index in [0.29, 0.717) is 17.6 Å². The maximum absolute atomic E-state index is 6.60. The number of para-hydroxylation sites is 2. The minimum atomic E-state index is -0.139. The van der Waals surface area contributed by atoms with Gasteiger partial charge in [-0.3, -0.25) is 4.57 Å². The molecule has 0 N–H and O–H groups in total. The lowest BCUT2D eigenvalue weighted by molar-refractivity contribution is 0.660. The van der Waals surface area contributed by atoms with Gasteiger partial charge < -0.3 is 4.42 Å². The van der Waals surface area contributed by atoms with Crippen LogP contribution in [0.3, 0.4) is 0 Å². The van der Waals surface area contributed by atoms with Crippen LogP contribution in [-0.4, -0.2) is 19.5 Å². The molecule has 0 fully saturated rings. The van der Waals surface area contributed by atoms with Crippen molar-refractivity contribution in [2.45, 2.75) is 19.3 Å². The molecule has 0 radical (unpaired) electrons. The summed E-state index contributed by atoms with van der Waals surface area (Å²) in [5, 5.41) is 4.36. The predicted octanol–water partition coefficient (Wildman–Crippen LogP) is 10.5. The van der Waals surface area contributed by atoms with Gasteiger partial charge in [0.25, 0.3) is 0 Å². The Hall–Kier alpha value is -6.07.